The number of carbonyl (C=O) groups is 1. The van der Waals surface area contributed by atoms with Crippen LogP contribution in [0.3, 0.4) is 0 Å². The fourth-order valence-corrected chi connectivity index (χ4v) is 3.50. The molecule has 0 aromatic carbocycles. The Labute approximate surface area is 107 Å². The van der Waals surface area contributed by atoms with E-state index >= 15 is 0 Å². The lowest BCUT2D eigenvalue weighted by molar-refractivity contribution is 0.0662. The van der Waals surface area contributed by atoms with Gasteiger partial charge in [0.05, 0.1) is 0 Å². The van der Waals surface area contributed by atoms with E-state index in [1.165, 1.54) is 38.5 Å². The SMILES string of the molecule is O=C(O)c1ccc(N2CCC[C@H]3CCCC[C@H]32)o1. The number of hydrogen-bond donors (Lipinski definition) is 1. The number of rotatable bonds is 2. The number of aromatic carboxylic acids is 1. The van der Waals surface area contributed by atoms with Crippen LogP contribution in [0.1, 0.15) is 49.1 Å². The van der Waals surface area contributed by atoms with E-state index in [2.05, 4.69) is 4.90 Å². The van der Waals surface area contributed by atoms with Crippen molar-refractivity contribution in [2.45, 2.75) is 44.6 Å². The quantitative estimate of drug-likeness (QED) is 0.874. The maximum atomic E-state index is 10.9. The van der Waals surface area contributed by atoms with Crippen LogP contribution in [0.15, 0.2) is 16.5 Å². The van der Waals surface area contributed by atoms with Gasteiger partial charge in [0.15, 0.2) is 5.88 Å². The van der Waals surface area contributed by atoms with Gasteiger partial charge in [-0.2, -0.15) is 0 Å². The van der Waals surface area contributed by atoms with Crippen molar-refractivity contribution in [3.8, 4) is 0 Å². The Hall–Kier alpha value is -1.45. The highest BCUT2D eigenvalue weighted by Crippen LogP contribution is 2.38. The molecule has 1 aromatic heterocycles. The molecule has 98 valence electrons. The fourth-order valence-electron chi connectivity index (χ4n) is 3.50. The van der Waals surface area contributed by atoms with E-state index in [9.17, 15) is 4.79 Å². The van der Waals surface area contributed by atoms with Crippen LogP contribution in [0, 0.1) is 5.92 Å². The molecule has 0 bridgehead atoms. The molecule has 1 aliphatic carbocycles. The third kappa shape index (κ3) is 2.00. The van der Waals surface area contributed by atoms with Crippen molar-refractivity contribution in [3.05, 3.63) is 17.9 Å². The molecule has 18 heavy (non-hydrogen) atoms. The lowest BCUT2D eigenvalue weighted by Crippen LogP contribution is -2.46. The number of piperidine rings is 1. The van der Waals surface area contributed by atoms with Crippen LogP contribution in [-0.2, 0) is 0 Å². The summed E-state index contributed by atoms with van der Waals surface area (Å²) in [6, 6.07) is 3.92. The largest absolute Gasteiger partial charge is 0.475 e. The van der Waals surface area contributed by atoms with Crippen LogP contribution in [0.5, 0.6) is 0 Å². The molecule has 4 nitrogen and oxygen atoms in total. The molecule has 3 rings (SSSR count). The van der Waals surface area contributed by atoms with Crippen molar-refractivity contribution in [2.24, 2.45) is 5.92 Å². The first-order chi connectivity index (χ1) is 8.75. The molecule has 2 aliphatic rings. The van der Waals surface area contributed by atoms with Gasteiger partial charge in [0.2, 0.25) is 5.76 Å². The molecule has 0 spiro atoms. The molecule has 4 heteroatoms. The summed E-state index contributed by atoms with van der Waals surface area (Å²) in [6.45, 7) is 0.994. The second-order valence-electron chi connectivity index (χ2n) is 5.39. The van der Waals surface area contributed by atoms with Crippen LogP contribution in [0.2, 0.25) is 0 Å². The highest BCUT2D eigenvalue weighted by atomic mass is 16.4. The van der Waals surface area contributed by atoms with E-state index in [1.54, 1.807) is 12.1 Å². The first-order valence-corrected chi connectivity index (χ1v) is 6.85. The van der Waals surface area contributed by atoms with Crippen LogP contribution in [0.4, 0.5) is 5.88 Å². The van der Waals surface area contributed by atoms with Gasteiger partial charge in [0, 0.05) is 18.7 Å². The van der Waals surface area contributed by atoms with E-state index in [4.69, 9.17) is 9.52 Å². The second-order valence-corrected chi connectivity index (χ2v) is 5.39. The molecule has 0 radical (unpaired) electrons. The first-order valence-electron chi connectivity index (χ1n) is 6.85. The molecule has 0 amide bonds. The lowest BCUT2D eigenvalue weighted by atomic mass is 9.78. The number of hydrogen-bond acceptors (Lipinski definition) is 3. The molecule has 0 unspecified atom stereocenters. The standard InChI is InChI=1S/C14H19NO3/c16-14(17)12-7-8-13(18-12)15-9-3-5-10-4-1-2-6-11(10)15/h7-8,10-11H,1-6,9H2,(H,16,17)/t10-,11-/m1/s1. The zero-order chi connectivity index (χ0) is 12.5. The van der Waals surface area contributed by atoms with Crippen molar-refractivity contribution in [1.29, 1.82) is 0 Å². The van der Waals surface area contributed by atoms with E-state index in [0.717, 1.165) is 18.3 Å². The number of furan rings is 1. The van der Waals surface area contributed by atoms with Gasteiger partial charge in [-0.05, 0) is 37.7 Å². The minimum Gasteiger partial charge on any atom is -0.475 e. The minimum absolute atomic E-state index is 0.0444. The van der Waals surface area contributed by atoms with Crippen molar-refractivity contribution in [3.63, 3.8) is 0 Å². The molecule has 2 fully saturated rings. The Morgan fingerprint density at radius 2 is 2.00 bits per heavy atom. The first kappa shape index (κ1) is 11.6. The monoisotopic (exact) mass is 249 g/mol. The number of fused-ring (bicyclic) bond motifs is 1. The summed E-state index contributed by atoms with van der Waals surface area (Å²) in [5.41, 5.74) is 0. The Morgan fingerprint density at radius 1 is 1.22 bits per heavy atom. The van der Waals surface area contributed by atoms with Gasteiger partial charge < -0.3 is 14.4 Å². The number of nitrogens with zero attached hydrogens (tertiary/aromatic N) is 1. The molecule has 2 atom stereocenters. The second kappa shape index (κ2) is 4.67. The van der Waals surface area contributed by atoms with Crippen LogP contribution >= 0.6 is 0 Å². The zero-order valence-corrected chi connectivity index (χ0v) is 10.5. The van der Waals surface area contributed by atoms with Crippen molar-refractivity contribution in [1.82, 2.24) is 0 Å². The van der Waals surface area contributed by atoms with Gasteiger partial charge in [-0.1, -0.05) is 12.8 Å². The maximum absolute atomic E-state index is 10.9. The van der Waals surface area contributed by atoms with Crippen molar-refractivity contribution >= 4 is 11.9 Å². The van der Waals surface area contributed by atoms with E-state index in [-0.39, 0.29) is 5.76 Å². The Morgan fingerprint density at radius 3 is 2.78 bits per heavy atom. The van der Waals surface area contributed by atoms with E-state index < -0.39 is 5.97 Å². The highest BCUT2D eigenvalue weighted by molar-refractivity contribution is 5.84. The molecular formula is C14H19NO3. The summed E-state index contributed by atoms with van der Waals surface area (Å²) in [5.74, 6) is 0.566. The van der Waals surface area contributed by atoms with Gasteiger partial charge in [-0.25, -0.2) is 4.79 Å². The van der Waals surface area contributed by atoms with Gasteiger partial charge in [0.1, 0.15) is 0 Å². The molecular weight excluding hydrogens is 230 g/mol. The molecule has 1 N–H and O–H groups in total. The number of carboxylic acid groups (broad SMARTS) is 1. The average molecular weight is 249 g/mol. The van der Waals surface area contributed by atoms with Crippen LogP contribution in [-0.4, -0.2) is 23.7 Å². The highest BCUT2D eigenvalue weighted by Gasteiger charge is 2.34. The smallest absolute Gasteiger partial charge is 0.371 e. The Balaban J connectivity index is 1.82. The summed E-state index contributed by atoms with van der Waals surface area (Å²) in [4.78, 5) is 13.2. The Kier molecular flexibility index (Phi) is 3.02. The third-order valence-corrected chi connectivity index (χ3v) is 4.33. The van der Waals surface area contributed by atoms with Gasteiger partial charge in [0.25, 0.3) is 0 Å². The van der Waals surface area contributed by atoms with Gasteiger partial charge in [-0.15, -0.1) is 0 Å². The molecule has 1 saturated carbocycles. The summed E-state index contributed by atoms with van der Waals surface area (Å²) in [5, 5.41) is 8.92. The zero-order valence-electron chi connectivity index (χ0n) is 10.5. The maximum Gasteiger partial charge on any atom is 0.371 e. The summed E-state index contributed by atoms with van der Waals surface area (Å²) >= 11 is 0. The number of carboxylic acids is 1. The van der Waals surface area contributed by atoms with E-state index in [1.807, 2.05) is 0 Å². The molecule has 1 saturated heterocycles. The summed E-state index contributed by atoms with van der Waals surface area (Å²) in [6.07, 6.45) is 7.65. The van der Waals surface area contributed by atoms with Crippen molar-refractivity contribution < 1.29 is 14.3 Å². The predicted octanol–water partition coefficient (Wildman–Crippen LogP) is 3.14. The normalized spacial score (nSPS) is 27.9. The van der Waals surface area contributed by atoms with Crippen LogP contribution < -0.4 is 4.90 Å². The fraction of sp³-hybridized carbons (Fsp3) is 0.643. The summed E-state index contributed by atoms with van der Waals surface area (Å²) in [7, 11) is 0. The van der Waals surface area contributed by atoms with Gasteiger partial charge >= 0.3 is 5.97 Å². The minimum atomic E-state index is -0.988. The Bertz CT molecular complexity index is 438. The predicted molar refractivity (Wildman–Crippen MR) is 68.0 cm³/mol. The molecule has 1 aromatic rings. The van der Waals surface area contributed by atoms with Crippen molar-refractivity contribution in [2.75, 3.05) is 11.4 Å². The average Bonchev–Trinajstić information content (AvgIpc) is 2.87. The summed E-state index contributed by atoms with van der Waals surface area (Å²) < 4.78 is 5.46. The molecule has 1 aliphatic heterocycles. The number of anilines is 1. The van der Waals surface area contributed by atoms with Gasteiger partial charge in [-0.3, -0.25) is 0 Å². The van der Waals surface area contributed by atoms with E-state index in [0.29, 0.717) is 6.04 Å². The topological polar surface area (TPSA) is 53.7 Å². The molecule has 2 heterocycles. The lowest BCUT2D eigenvalue weighted by Gasteiger charge is -2.44. The third-order valence-electron chi connectivity index (χ3n) is 4.33. The van der Waals surface area contributed by atoms with Crippen LogP contribution in [0.25, 0.3) is 0 Å².